The molecule has 0 unspecified atom stereocenters. The van der Waals surface area contributed by atoms with Gasteiger partial charge in [-0.1, -0.05) is 12.1 Å². The van der Waals surface area contributed by atoms with Crippen LogP contribution in [0.4, 0.5) is 9.59 Å². The predicted molar refractivity (Wildman–Crippen MR) is 177 cm³/mol. The number of methoxy groups -OCH3 is 2. The van der Waals surface area contributed by atoms with Gasteiger partial charge in [0.15, 0.2) is 0 Å². The summed E-state index contributed by atoms with van der Waals surface area (Å²) < 4.78 is 21.1. The van der Waals surface area contributed by atoms with E-state index in [1.807, 2.05) is 65.9 Å². The first-order valence-corrected chi connectivity index (χ1v) is 16.0. The summed E-state index contributed by atoms with van der Waals surface area (Å²) in [6.07, 6.45) is 7.49. The maximum absolute atomic E-state index is 12.6. The Morgan fingerprint density at radius 2 is 1.33 bits per heavy atom. The van der Waals surface area contributed by atoms with Crippen molar-refractivity contribution in [3.8, 4) is 11.8 Å². The number of nitrogens with one attached hydrogen (secondary N) is 2. The number of piperidine rings is 2. The predicted octanol–water partition coefficient (Wildman–Crippen LogP) is 4.64. The lowest BCUT2D eigenvalue weighted by Crippen LogP contribution is -2.58. The van der Waals surface area contributed by atoms with Crippen molar-refractivity contribution < 1.29 is 28.5 Å². The number of amides is 2. The molecule has 2 aliphatic rings. The number of ether oxygens (including phenoxy) is 4. The van der Waals surface area contributed by atoms with Crippen LogP contribution in [0.3, 0.4) is 0 Å². The zero-order valence-corrected chi connectivity index (χ0v) is 28.9. The monoisotopic (exact) mass is 642 g/mol. The highest BCUT2D eigenvalue weighted by Crippen LogP contribution is 2.29. The van der Waals surface area contributed by atoms with Gasteiger partial charge in [0, 0.05) is 43.2 Å². The number of likely N-dealkylation sites (tertiary alicyclic amines) is 1. The Morgan fingerprint density at radius 3 is 1.76 bits per heavy atom. The molecule has 2 fully saturated rings. The summed E-state index contributed by atoms with van der Waals surface area (Å²) in [7, 11) is 3.19. The largest absolute Gasteiger partial charge is 0.481 e. The highest BCUT2D eigenvalue weighted by molar-refractivity contribution is 5.70. The summed E-state index contributed by atoms with van der Waals surface area (Å²) in [5.74, 6) is 1.19. The van der Waals surface area contributed by atoms with Crippen LogP contribution in [0.5, 0.6) is 11.8 Å². The number of pyridine rings is 2. The van der Waals surface area contributed by atoms with E-state index in [2.05, 4.69) is 20.6 Å². The van der Waals surface area contributed by atoms with Crippen molar-refractivity contribution >= 4 is 12.2 Å². The smallest absolute Gasteiger partial charge is 0.410 e. The summed E-state index contributed by atoms with van der Waals surface area (Å²) in [6.45, 7) is 14.0. The summed E-state index contributed by atoms with van der Waals surface area (Å²) in [5, 5.41) is 6.40. The Bertz CT molecular complexity index is 1240. The molecule has 2 aliphatic heterocycles. The normalized spacial score (nSPS) is 17.5. The van der Waals surface area contributed by atoms with Gasteiger partial charge in [-0.2, -0.15) is 0 Å². The summed E-state index contributed by atoms with van der Waals surface area (Å²) in [5.41, 5.74) is 6.77. The number of hydrogen-bond donors (Lipinski definition) is 3. The maximum Gasteiger partial charge on any atom is 0.410 e. The average molecular weight is 643 g/mol. The van der Waals surface area contributed by atoms with Crippen molar-refractivity contribution in [1.82, 2.24) is 25.5 Å². The Kier molecular flexibility index (Phi) is 12.6. The fraction of sp³-hybridized carbons (Fsp3) is 0.647. The quantitative estimate of drug-likeness (QED) is 0.390. The van der Waals surface area contributed by atoms with E-state index in [1.54, 1.807) is 31.4 Å². The molecule has 4 rings (SSSR count). The van der Waals surface area contributed by atoms with Crippen molar-refractivity contribution in [1.29, 1.82) is 0 Å². The average Bonchev–Trinajstić information content (AvgIpc) is 2.97. The summed E-state index contributed by atoms with van der Waals surface area (Å²) in [6, 6.07) is 7.67. The molecule has 4 heterocycles. The number of nitrogens with zero attached hydrogens (tertiary/aromatic N) is 3. The van der Waals surface area contributed by atoms with E-state index in [0.717, 1.165) is 37.9 Å². The van der Waals surface area contributed by atoms with Crippen LogP contribution in [0.1, 0.15) is 78.4 Å². The second kappa shape index (κ2) is 15.8. The van der Waals surface area contributed by atoms with Gasteiger partial charge < -0.3 is 40.2 Å². The standard InChI is InChI=1S/C22H35N3O5.C12H19N3O/c1-20(2,3)29-18(26)24-22(14-16-8-9-17(28-7)23-15-16)10-12-25(13-11-22)19(27)30-21(4,5)6;1-16-11-3-2-10(9-15-11)8-12(13)4-6-14-7-5-12/h8-9,15H,10-14H2,1-7H3,(H,24,26);2-3,9,14H,4-8,13H2,1H3. The summed E-state index contributed by atoms with van der Waals surface area (Å²) in [4.78, 5) is 35.1. The van der Waals surface area contributed by atoms with E-state index in [4.69, 9.17) is 24.7 Å². The van der Waals surface area contributed by atoms with Crippen molar-refractivity contribution in [2.75, 3.05) is 40.4 Å². The van der Waals surface area contributed by atoms with Gasteiger partial charge >= 0.3 is 12.2 Å². The zero-order valence-electron chi connectivity index (χ0n) is 28.9. The van der Waals surface area contributed by atoms with E-state index in [9.17, 15) is 9.59 Å². The van der Waals surface area contributed by atoms with Crippen LogP contribution in [0, 0.1) is 0 Å². The van der Waals surface area contributed by atoms with E-state index in [-0.39, 0.29) is 11.6 Å². The third-order valence-corrected chi connectivity index (χ3v) is 7.85. The van der Waals surface area contributed by atoms with Gasteiger partial charge in [-0.3, -0.25) is 0 Å². The molecule has 12 nitrogen and oxygen atoms in total. The molecule has 256 valence electrons. The lowest BCUT2D eigenvalue weighted by Gasteiger charge is -2.42. The minimum absolute atomic E-state index is 0.0679. The highest BCUT2D eigenvalue weighted by Gasteiger charge is 2.39. The van der Waals surface area contributed by atoms with Gasteiger partial charge in [-0.15, -0.1) is 0 Å². The fourth-order valence-corrected chi connectivity index (χ4v) is 5.48. The number of carbonyl (C=O) groups is 2. The van der Waals surface area contributed by atoms with Crippen LogP contribution in [0.2, 0.25) is 0 Å². The van der Waals surface area contributed by atoms with Gasteiger partial charge in [0.25, 0.3) is 0 Å². The van der Waals surface area contributed by atoms with Crippen molar-refractivity contribution in [3.63, 3.8) is 0 Å². The molecule has 0 aromatic carbocycles. The Balaban J connectivity index is 0.000000300. The fourth-order valence-electron chi connectivity index (χ4n) is 5.48. The topological polar surface area (TPSA) is 150 Å². The summed E-state index contributed by atoms with van der Waals surface area (Å²) >= 11 is 0. The number of alkyl carbamates (subject to hydrolysis) is 1. The van der Waals surface area contributed by atoms with E-state index >= 15 is 0 Å². The third kappa shape index (κ3) is 12.3. The molecule has 46 heavy (non-hydrogen) atoms. The maximum atomic E-state index is 12.6. The minimum Gasteiger partial charge on any atom is -0.481 e. The SMILES string of the molecule is COc1ccc(CC2(N)CCNCC2)cn1.COc1ccc(CC2(NC(=O)OC(C)(C)C)CCN(C(=O)OC(C)(C)C)CC2)cn1. The number of hydrogen-bond acceptors (Lipinski definition) is 10. The van der Waals surface area contributed by atoms with Gasteiger partial charge in [0.05, 0.1) is 19.8 Å². The molecule has 0 aliphatic carbocycles. The van der Waals surface area contributed by atoms with Gasteiger partial charge in [0.1, 0.15) is 11.2 Å². The Labute approximate surface area is 274 Å². The molecule has 0 saturated carbocycles. The van der Waals surface area contributed by atoms with Crippen LogP contribution in [0.15, 0.2) is 36.7 Å². The molecule has 2 aromatic heterocycles. The highest BCUT2D eigenvalue weighted by atomic mass is 16.6. The molecule has 2 saturated heterocycles. The zero-order chi connectivity index (χ0) is 34.0. The molecule has 0 radical (unpaired) electrons. The van der Waals surface area contributed by atoms with E-state index in [0.29, 0.717) is 44.1 Å². The number of carbonyl (C=O) groups excluding carboxylic acids is 2. The third-order valence-electron chi connectivity index (χ3n) is 7.85. The molecule has 2 amide bonds. The van der Waals surface area contributed by atoms with E-state index < -0.39 is 22.8 Å². The second-order valence-electron chi connectivity index (χ2n) is 14.3. The van der Waals surface area contributed by atoms with Crippen LogP contribution < -0.4 is 25.8 Å². The lowest BCUT2D eigenvalue weighted by atomic mass is 9.82. The number of aromatic nitrogens is 2. The van der Waals surface area contributed by atoms with Gasteiger partial charge in [-0.05, 0) is 104 Å². The van der Waals surface area contributed by atoms with Crippen LogP contribution >= 0.6 is 0 Å². The number of nitrogens with two attached hydrogens (primary N) is 1. The van der Waals surface area contributed by atoms with Crippen LogP contribution in [-0.2, 0) is 22.3 Å². The first-order valence-electron chi connectivity index (χ1n) is 16.0. The Morgan fingerprint density at radius 1 is 0.826 bits per heavy atom. The van der Waals surface area contributed by atoms with Crippen molar-refractivity contribution in [3.05, 3.63) is 47.8 Å². The number of rotatable bonds is 7. The second-order valence-corrected chi connectivity index (χ2v) is 14.3. The molecule has 12 heteroatoms. The molecular formula is C34H54N6O6. The first kappa shape index (κ1) is 36.8. The Hall–Kier alpha value is -3.64. The van der Waals surface area contributed by atoms with Gasteiger partial charge in [-0.25, -0.2) is 19.6 Å². The molecule has 4 N–H and O–H groups in total. The van der Waals surface area contributed by atoms with Crippen LogP contribution in [0.25, 0.3) is 0 Å². The molecular weight excluding hydrogens is 588 g/mol. The first-order chi connectivity index (χ1) is 21.5. The molecule has 0 atom stereocenters. The molecule has 2 aromatic rings. The van der Waals surface area contributed by atoms with Gasteiger partial charge in [0.2, 0.25) is 11.8 Å². The van der Waals surface area contributed by atoms with Crippen molar-refractivity contribution in [2.24, 2.45) is 5.73 Å². The molecule has 0 spiro atoms. The molecule has 0 bridgehead atoms. The van der Waals surface area contributed by atoms with Crippen LogP contribution in [-0.4, -0.2) is 89.7 Å². The van der Waals surface area contributed by atoms with Crippen molar-refractivity contribution in [2.45, 2.75) is 102 Å². The van der Waals surface area contributed by atoms with E-state index in [1.165, 1.54) is 5.56 Å². The minimum atomic E-state index is -0.593. The lowest BCUT2D eigenvalue weighted by molar-refractivity contribution is 0.0120.